The molecule has 0 bridgehead atoms. The van der Waals surface area contributed by atoms with Crippen LogP contribution in [0.2, 0.25) is 0 Å². The molecule has 0 aliphatic carbocycles. The van der Waals surface area contributed by atoms with Gasteiger partial charge in [0.05, 0.1) is 5.69 Å². The Morgan fingerprint density at radius 1 is 1.39 bits per heavy atom. The Kier molecular flexibility index (Phi) is 5.75. The first-order valence-electron chi connectivity index (χ1n) is 6.00. The summed E-state index contributed by atoms with van der Waals surface area (Å²) in [4.78, 5) is 15.9. The van der Waals surface area contributed by atoms with Crippen LogP contribution in [0.3, 0.4) is 0 Å². The van der Waals surface area contributed by atoms with Crippen molar-refractivity contribution in [3.05, 3.63) is 28.5 Å². The molecule has 0 fully saturated rings. The van der Waals surface area contributed by atoms with E-state index in [0.29, 0.717) is 19.5 Å². The standard InChI is InChI=1S/C13H20BrN3O/c1-13(2,3)17-12(18)7-8-15-9-10-5-4-6-11(14)16-10/h4-6,15H,7-9H2,1-3H3,(H,17,18). The van der Waals surface area contributed by atoms with Gasteiger partial charge in [0.1, 0.15) is 4.60 Å². The second-order valence-electron chi connectivity index (χ2n) is 5.18. The van der Waals surface area contributed by atoms with Crippen LogP contribution >= 0.6 is 15.9 Å². The molecule has 100 valence electrons. The minimum Gasteiger partial charge on any atom is -0.351 e. The molecule has 0 unspecified atom stereocenters. The molecule has 1 aromatic rings. The number of nitrogens with one attached hydrogen (secondary N) is 2. The Labute approximate surface area is 117 Å². The zero-order valence-corrected chi connectivity index (χ0v) is 12.7. The number of hydrogen-bond acceptors (Lipinski definition) is 3. The molecule has 0 aromatic carbocycles. The van der Waals surface area contributed by atoms with Crippen molar-refractivity contribution in [2.45, 2.75) is 39.3 Å². The number of hydrogen-bond donors (Lipinski definition) is 2. The predicted octanol–water partition coefficient (Wildman–Crippen LogP) is 2.24. The number of rotatable bonds is 5. The molecular formula is C13H20BrN3O. The minimum atomic E-state index is -0.164. The minimum absolute atomic E-state index is 0.0669. The molecule has 0 atom stereocenters. The summed E-state index contributed by atoms with van der Waals surface area (Å²) in [6.07, 6.45) is 0.477. The lowest BCUT2D eigenvalue weighted by Gasteiger charge is -2.20. The molecule has 1 heterocycles. The molecule has 2 N–H and O–H groups in total. The van der Waals surface area contributed by atoms with Gasteiger partial charge in [-0.2, -0.15) is 0 Å². The van der Waals surface area contributed by atoms with E-state index in [2.05, 4.69) is 31.5 Å². The maximum Gasteiger partial charge on any atom is 0.221 e. The molecule has 18 heavy (non-hydrogen) atoms. The third-order valence-electron chi connectivity index (χ3n) is 2.12. The molecule has 0 spiro atoms. The van der Waals surface area contributed by atoms with E-state index in [9.17, 15) is 4.79 Å². The van der Waals surface area contributed by atoms with Crippen molar-refractivity contribution in [1.29, 1.82) is 0 Å². The Morgan fingerprint density at radius 3 is 2.72 bits per heavy atom. The van der Waals surface area contributed by atoms with Crippen molar-refractivity contribution in [3.63, 3.8) is 0 Å². The van der Waals surface area contributed by atoms with Crippen LogP contribution < -0.4 is 10.6 Å². The lowest BCUT2D eigenvalue weighted by Crippen LogP contribution is -2.41. The molecule has 4 nitrogen and oxygen atoms in total. The van der Waals surface area contributed by atoms with E-state index in [4.69, 9.17) is 0 Å². The number of aromatic nitrogens is 1. The second kappa shape index (κ2) is 6.85. The van der Waals surface area contributed by atoms with Gasteiger partial charge in [-0.3, -0.25) is 4.79 Å². The first-order valence-corrected chi connectivity index (χ1v) is 6.79. The number of amides is 1. The van der Waals surface area contributed by atoms with Crippen LogP contribution in [-0.2, 0) is 11.3 Å². The van der Waals surface area contributed by atoms with Gasteiger partial charge in [-0.05, 0) is 48.8 Å². The second-order valence-corrected chi connectivity index (χ2v) is 5.99. The van der Waals surface area contributed by atoms with Gasteiger partial charge in [0.25, 0.3) is 0 Å². The van der Waals surface area contributed by atoms with E-state index in [1.54, 1.807) is 0 Å². The zero-order valence-electron chi connectivity index (χ0n) is 11.1. The summed E-state index contributed by atoms with van der Waals surface area (Å²) < 4.78 is 0.826. The Bertz CT molecular complexity index is 401. The van der Waals surface area contributed by atoms with Crippen molar-refractivity contribution in [2.24, 2.45) is 0 Å². The Morgan fingerprint density at radius 2 is 2.11 bits per heavy atom. The molecule has 1 amide bonds. The van der Waals surface area contributed by atoms with Gasteiger partial charge >= 0.3 is 0 Å². The number of carbonyl (C=O) groups is 1. The van der Waals surface area contributed by atoms with E-state index in [1.807, 2.05) is 39.0 Å². The van der Waals surface area contributed by atoms with Crippen LogP contribution in [0, 0.1) is 0 Å². The van der Waals surface area contributed by atoms with Crippen LogP contribution in [0.5, 0.6) is 0 Å². The van der Waals surface area contributed by atoms with Gasteiger partial charge in [0, 0.05) is 25.0 Å². The molecule has 0 aliphatic rings. The first kappa shape index (κ1) is 15.1. The fourth-order valence-electron chi connectivity index (χ4n) is 1.45. The number of carbonyl (C=O) groups excluding carboxylic acids is 1. The highest BCUT2D eigenvalue weighted by Crippen LogP contribution is 2.05. The summed E-state index contributed by atoms with van der Waals surface area (Å²) in [5, 5.41) is 6.13. The van der Waals surface area contributed by atoms with Gasteiger partial charge in [-0.25, -0.2) is 4.98 Å². The highest BCUT2D eigenvalue weighted by Gasteiger charge is 2.12. The first-order chi connectivity index (χ1) is 8.37. The van der Waals surface area contributed by atoms with Gasteiger partial charge in [-0.1, -0.05) is 6.07 Å². The van der Waals surface area contributed by atoms with Gasteiger partial charge in [-0.15, -0.1) is 0 Å². The third-order valence-corrected chi connectivity index (χ3v) is 2.56. The fraction of sp³-hybridized carbons (Fsp3) is 0.538. The number of halogens is 1. The quantitative estimate of drug-likeness (QED) is 0.647. The van der Waals surface area contributed by atoms with Crippen molar-refractivity contribution in [1.82, 2.24) is 15.6 Å². The Hall–Kier alpha value is -0.940. The third kappa shape index (κ3) is 6.71. The lowest BCUT2D eigenvalue weighted by atomic mass is 10.1. The maximum absolute atomic E-state index is 11.5. The van der Waals surface area contributed by atoms with Gasteiger partial charge < -0.3 is 10.6 Å². The molecular weight excluding hydrogens is 294 g/mol. The van der Waals surface area contributed by atoms with Crippen molar-refractivity contribution >= 4 is 21.8 Å². The molecule has 5 heteroatoms. The monoisotopic (exact) mass is 313 g/mol. The van der Waals surface area contributed by atoms with E-state index >= 15 is 0 Å². The molecule has 1 aromatic heterocycles. The molecule has 0 saturated carbocycles. The normalized spacial score (nSPS) is 11.3. The maximum atomic E-state index is 11.5. The predicted molar refractivity (Wildman–Crippen MR) is 76.2 cm³/mol. The summed E-state index contributed by atoms with van der Waals surface area (Å²) in [5.41, 5.74) is 0.795. The van der Waals surface area contributed by atoms with Crippen LogP contribution in [0.15, 0.2) is 22.8 Å². The number of nitrogens with zero attached hydrogens (tertiary/aromatic N) is 1. The summed E-state index contributed by atoms with van der Waals surface area (Å²) in [6.45, 7) is 7.25. The highest BCUT2D eigenvalue weighted by atomic mass is 79.9. The topological polar surface area (TPSA) is 54.0 Å². The van der Waals surface area contributed by atoms with Crippen LogP contribution in [0.25, 0.3) is 0 Å². The molecule has 0 saturated heterocycles. The SMILES string of the molecule is CC(C)(C)NC(=O)CCNCc1cccc(Br)n1. The van der Waals surface area contributed by atoms with Crippen LogP contribution in [0.1, 0.15) is 32.9 Å². The molecule has 1 rings (SSSR count). The van der Waals surface area contributed by atoms with E-state index in [0.717, 1.165) is 10.3 Å². The van der Waals surface area contributed by atoms with Crippen molar-refractivity contribution < 1.29 is 4.79 Å². The van der Waals surface area contributed by atoms with Crippen molar-refractivity contribution in [3.8, 4) is 0 Å². The van der Waals surface area contributed by atoms with Crippen molar-refractivity contribution in [2.75, 3.05) is 6.54 Å². The summed E-state index contributed by atoms with van der Waals surface area (Å²) >= 11 is 3.32. The van der Waals surface area contributed by atoms with Gasteiger partial charge in [0.15, 0.2) is 0 Å². The summed E-state index contributed by atoms with van der Waals surface area (Å²) in [7, 11) is 0. The van der Waals surface area contributed by atoms with E-state index < -0.39 is 0 Å². The average molecular weight is 314 g/mol. The van der Waals surface area contributed by atoms with Gasteiger partial charge in [0.2, 0.25) is 5.91 Å². The van der Waals surface area contributed by atoms with Crippen LogP contribution in [0.4, 0.5) is 0 Å². The lowest BCUT2D eigenvalue weighted by molar-refractivity contribution is -0.122. The van der Waals surface area contributed by atoms with Crippen LogP contribution in [-0.4, -0.2) is 23.0 Å². The molecule has 0 aliphatic heterocycles. The summed E-state index contributed by atoms with van der Waals surface area (Å²) in [5.74, 6) is 0.0669. The largest absolute Gasteiger partial charge is 0.351 e. The smallest absolute Gasteiger partial charge is 0.221 e. The van der Waals surface area contributed by atoms with E-state index in [-0.39, 0.29) is 11.4 Å². The summed E-state index contributed by atoms with van der Waals surface area (Å²) in [6, 6.07) is 5.79. The molecule has 0 radical (unpaired) electrons. The number of pyridine rings is 1. The Balaban J connectivity index is 2.21. The highest BCUT2D eigenvalue weighted by molar-refractivity contribution is 9.10. The van der Waals surface area contributed by atoms with E-state index in [1.165, 1.54) is 0 Å². The fourth-order valence-corrected chi connectivity index (χ4v) is 1.83. The average Bonchev–Trinajstić information content (AvgIpc) is 2.22. The zero-order chi connectivity index (χ0) is 13.6.